The van der Waals surface area contributed by atoms with Crippen LogP contribution in [-0.4, -0.2) is 31.4 Å². The predicted octanol–water partition coefficient (Wildman–Crippen LogP) is 3.84. The maximum atomic E-state index is 11.4. The lowest BCUT2D eigenvalue weighted by atomic mass is 9.58. The normalized spacial score (nSPS) is 31.2. The van der Waals surface area contributed by atoms with E-state index in [2.05, 4.69) is 12.1 Å². The van der Waals surface area contributed by atoms with E-state index in [-0.39, 0.29) is 11.4 Å². The number of methoxy groups -OCH3 is 1. The van der Waals surface area contributed by atoms with Gasteiger partial charge in [0.1, 0.15) is 5.75 Å². The largest absolute Gasteiger partial charge is 0.493 e. The summed E-state index contributed by atoms with van der Waals surface area (Å²) >= 11 is 0. The maximum Gasteiger partial charge on any atom is 0.331 e. The molecule has 0 bridgehead atoms. The predicted molar refractivity (Wildman–Crippen MR) is 105 cm³/mol. The fraction of sp³-hybridized carbons (Fsp3) is 0.591. The number of esters is 1. The zero-order valence-electron chi connectivity index (χ0n) is 17.3. The highest BCUT2D eigenvalue weighted by Crippen LogP contribution is 2.60. The number of carbonyl (C=O) groups is 2. The van der Waals surface area contributed by atoms with Crippen molar-refractivity contribution in [3.8, 4) is 17.2 Å². The zero-order chi connectivity index (χ0) is 20.8. The van der Waals surface area contributed by atoms with Crippen LogP contribution in [0.25, 0.3) is 0 Å². The van der Waals surface area contributed by atoms with E-state index in [1.54, 1.807) is 13.2 Å². The maximum absolute atomic E-state index is 11.4. The molecule has 4 atom stereocenters. The number of benzene rings is 1. The van der Waals surface area contributed by atoms with Crippen molar-refractivity contribution in [2.24, 2.45) is 22.4 Å². The molecule has 1 aliphatic heterocycles. The van der Waals surface area contributed by atoms with Gasteiger partial charge < -0.3 is 19.0 Å². The molecule has 0 radical (unpaired) electrons. The molecule has 1 aromatic rings. The van der Waals surface area contributed by atoms with Crippen LogP contribution < -0.4 is 14.2 Å². The van der Waals surface area contributed by atoms with Gasteiger partial charge in [-0.2, -0.15) is 0 Å². The second-order valence-electron chi connectivity index (χ2n) is 8.44. The Morgan fingerprint density at radius 3 is 2.66 bits per heavy atom. The Balaban J connectivity index is 1.64. The molecule has 2 fully saturated rings. The summed E-state index contributed by atoms with van der Waals surface area (Å²) in [6.45, 7) is 5.60. The summed E-state index contributed by atoms with van der Waals surface area (Å²) in [5, 5.41) is 4.19. The lowest BCUT2D eigenvalue weighted by Gasteiger charge is -2.48. The van der Waals surface area contributed by atoms with Gasteiger partial charge >= 0.3 is 11.9 Å². The van der Waals surface area contributed by atoms with Crippen LogP contribution in [-0.2, 0) is 14.4 Å². The highest BCUT2D eigenvalue weighted by atomic mass is 16.7. The van der Waals surface area contributed by atoms with Crippen LogP contribution in [0.1, 0.15) is 57.9 Å². The third-order valence-corrected chi connectivity index (χ3v) is 6.84. The summed E-state index contributed by atoms with van der Waals surface area (Å²) in [4.78, 5) is 27.6. The SMILES string of the molecule is COc1cc2c(cc1OC(C)=O)OC[C@@H]1[C@@H]2CC[C@]2(C)C(=NOC(C)=O)CC[C@@H]12. The molecular formula is C22H27NO6. The lowest BCUT2D eigenvalue weighted by molar-refractivity contribution is -0.141. The lowest BCUT2D eigenvalue weighted by Crippen LogP contribution is -2.44. The molecule has 1 aromatic carbocycles. The molecule has 0 N–H and O–H groups in total. The van der Waals surface area contributed by atoms with Crippen molar-refractivity contribution in [3.63, 3.8) is 0 Å². The van der Waals surface area contributed by atoms with E-state index < -0.39 is 5.97 Å². The zero-order valence-corrected chi connectivity index (χ0v) is 17.3. The van der Waals surface area contributed by atoms with Gasteiger partial charge in [0.2, 0.25) is 0 Å². The molecular weight excluding hydrogens is 374 g/mol. The number of fused-ring (bicyclic) bond motifs is 5. The third-order valence-electron chi connectivity index (χ3n) is 6.84. The molecule has 0 saturated heterocycles. The Kier molecular flexibility index (Phi) is 5.00. The Bertz CT molecular complexity index is 878. The van der Waals surface area contributed by atoms with Crippen LogP contribution in [0.4, 0.5) is 0 Å². The Labute approximate surface area is 170 Å². The van der Waals surface area contributed by atoms with Gasteiger partial charge in [0.15, 0.2) is 11.5 Å². The molecule has 156 valence electrons. The van der Waals surface area contributed by atoms with Crippen LogP contribution in [0.5, 0.6) is 17.2 Å². The van der Waals surface area contributed by atoms with E-state index in [1.807, 2.05) is 6.07 Å². The van der Waals surface area contributed by atoms with E-state index in [0.717, 1.165) is 42.7 Å². The molecule has 7 nitrogen and oxygen atoms in total. The first-order valence-corrected chi connectivity index (χ1v) is 10.1. The second kappa shape index (κ2) is 7.35. The van der Waals surface area contributed by atoms with Crippen molar-refractivity contribution in [3.05, 3.63) is 17.7 Å². The van der Waals surface area contributed by atoms with Crippen molar-refractivity contribution in [2.75, 3.05) is 13.7 Å². The van der Waals surface area contributed by atoms with Gasteiger partial charge in [-0.25, -0.2) is 4.79 Å². The average molecular weight is 401 g/mol. The number of rotatable bonds is 3. The number of nitrogens with zero attached hydrogens (tertiary/aromatic N) is 1. The number of oxime groups is 1. The highest BCUT2D eigenvalue weighted by Gasteiger charge is 2.54. The van der Waals surface area contributed by atoms with Crippen LogP contribution in [0.3, 0.4) is 0 Å². The Hall–Kier alpha value is -2.57. The van der Waals surface area contributed by atoms with Gasteiger partial charge in [-0.3, -0.25) is 4.79 Å². The fourth-order valence-electron chi connectivity index (χ4n) is 5.52. The molecule has 0 amide bonds. The van der Waals surface area contributed by atoms with Crippen LogP contribution in [0, 0.1) is 17.3 Å². The molecule has 0 unspecified atom stereocenters. The first-order valence-electron chi connectivity index (χ1n) is 10.1. The summed E-state index contributed by atoms with van der Waals surface area (Å²) in [7, 11) is 1.57. The van der Waals surface area contributed by atoms with Crippen molar-refractivity contribution in [1.29, 1.82) is 0 Å². The summed E-state index contributed by atoms with van der Waals surface area (Å²) in [6.07, 6.45) is 3.83. The smallest absolute Gasteiger partial charge is 0.331 e. The molecule has 1 heterocycles. The highest BCUT2D eigenvalue weighted by molar-refractivity contribution is 5.92. The topological polar surface area (TPSA) is 83.4 Å². The van der Waals surface area contributed by atoms with Crippen molar-refractivity contribution < 1.29 is 28.6 Å². The molecule has 3 aliphatic rings. The molecule has 29 heavy (non-hydrogen) atoms. The van der Waals surface area contributed by atoms with Crippen molar-refractivity contribution in [1.82, 2.24) is 0 Å². The second-order valence-corrected chi connectivity index (χ2v) is 8.44. The minimum absolute atomic E-state index is 0.0702. The minimum Gasteiger partial charge on any atom is -0.493 e. The van der Waals surface area contributed by atoms with E-state index in [1.165, 1.54) is 13.8 Å². The Morgan fingerprint density at radius 1 is 1.17 bits per heavy atom. The average Bonchev–Trinajstić information content (AvgIpc) is 3.01. The first kappa shape index (κ1) is 19.7. The summed E-state index contributed by atoms with van der Waals surface area (Å²) in [5.74, 6) is 2.04. The minimum atomic E-state index is -0.393. The van der Waals surface area contributed by atoms with Gasteiger partial charge in [-0.15, -0.1) is 0 Å². The van der Waals surface area contributed by atoms with Crippen molar-refractivity contribution in [2.45, 2.75) is 52.4 Å². The molecule has 4 rings (SSSR count). The van der Waals surface area contributed by atoms with E-state index in [0.29, 0.717) is 35.9 Å². The summed E-state index contributed by atoms with van der Waals surface area (Å²) in [6, 6.07) is 3.72. The monoisotopic (exact) mass is 401 g/mol. The molecule has 7 heteroatoms. The van der Waals surface area contributed by atoms with Crippen molar-refractivity contribution >= 4 is 17.7 Å². The molecule has 2 aliphatic carbocycles. The van der Waals surface area contributed by atoms with Gasteiger partial charge in [0.25, 0.3) is 0 Å². The first-order chi connectivity index (χ1) is 13.8. The van der Waals surface area contributed by atoms with E-state index in [9.17, 15) is 9.59 Å². The Morgan fingerprint density at radius 2 is 1.97 bits per heavy atom. The fourth-order valence-corrected chi connectivity index (χ4v) is 5.52. The van der Waals surface area contributed by atoms with Gasteiger partial charge in [-0.1, -0.05) is 12.1 Å². The summed E-state index contributed by atoms with van der Waals surface area (Å²) < 4.78 is 16.9. The summed E-state index contributed by atoms with van der Waals surface area (Å²) in [5.41, 5.74) is 2.03. The van der Waals surface area contributed by atoms with Gasteiger partial charge in [-0.05, 0) is 43.6 Å². The van der Waals surface area contributed by atoms with Crippen LogP contribution in [0.15, 0.2) is 17.3 Å². The quantitative estimate of drug-likeness (QED) is 0.331. The van der Waals surface area contributed by atoms with E-state index >= 15 is 0 Å². The number of hydrogen-bond donors (Lipinski definition) is 0. The number of carbonyl (C=O) groups excluding carboxylic acids is 2. The standard InChI is InChI=1S/C22H27NO6/c1-12(24)28-20-10-18-15(9-19(20)26-4)14-7-8-22(3)17(16(14)11-27-18)5-6-21(22)23-29-13(2)25/h9-10,14,16-17H,5-8,11H2,1-4H3/t14-,16-,17+,22+/m1/s1. The van der Waals surface area contributed by atoms with Gasteiger partial charge in [0.05, 0.1) is 19.4 Å². The van der Waals surface area contributed by atoms with Crippen LogP contribution >= 0.6 is 0 Å². The molecule has 0 spiro atoms. The van der Waals surface area contributed by atoms with Gasteiger partial charge in [0, 0.05) is 36.8 Å². The number of ether oxygens (including phenoxy) is 3. The van der Waals surface area contributed by atoms with Crippen LogP contribution in [0.2, 0.25) is 0 Å². The molecule has 0 aromatic heterocycles. The third kappa shape index (κ3) is 3.36. The molecule has 2 saturated carbocycles. The van der Waals surface area contributed by atoms with E-state index in [4.69, 9.17) is 19.0 Å². The number of hydrogen-bond acceptors (Lipinski definition) is 7.